The van der Waals surface area contributed by atoms with E-state index in [1.54, 1.807) is 0 Å². The summed E-state index contributed by atoms with van der Waals surface area (Å²) < 4.78 is 18.7. The molecule has 10 heteroatoms. The second-order valence-corrected chi connectivity index (χ2v) is 8.05. The zero-order valence-electron chi connectivity index (χ0n) is 15.4. The zero-order valence-corrected chi connectivity index (χ0v) is 16.1. The van der Waals surface area contributed by atoms with Crippen molar-refractivity contribution in [3.05, 3.63) is 52.8 Å². The van der Waals surface area contributed by atoms with E-state index in [2.05, 4.69) is 20.6 Å². The summed E-state index contributed by atoms with van der Waals surface area (Å²) in [6.45, 7) is -0.478. The van der Waals surface area contributed by atoms with Gasteiger partial charge in [-0.15, -0.1) is 0 Å². The molecule has 3 saturated carbocycles. The van der Waals surface area contributed by atoms with E-state index in [1.807, 2.05) is 0 Å². The van der Waals surface area contributed by atoms with E-state index in [-0.39, 0.29) is 41.0 Å². The molecule has 1 amide bonds. The average Bonchev–Trinajstić information content (AvgIpc) is 2.66. The predicted molar refractivity (Wildman–Crippen MR) is 100 cm³/mol. The number of aromatic nitrogens is 2. The van der Waals surface area contributed by atoms with Crippen LogP contribution in [0.5, 0.6) is 5.75 Å². The quantitative estimate of drug-likeness (QED) is 0.472. The van der Waals surface area contributed by atoms with Crippen molar-refractivity contribution in [2.24, 2.45) is 0 Å². The SMILES string of the molecule is O=C(COc1ccc(Cl)c(F)c1)NC12CC(NC(O)c3cncc(CO)n3)(C1)C2. The van der Waals surface area contributed by atoms with Gasteiger partial charge in [0.2, 0.25) is 0 Å². The molecular weight excluding hydrogens is 403 g/mol. The number of halogens is 2. The monoisotopic (exact) mass is 422 g/mol. The van der Waals surface area contributed by atoms with Gasteiger partial charge >= 0.3 is 0 Å². The van der Waals surface area contributed by atoms with E-state index in [0.29, 0.717) is 30.7 Å². The lowest BCUT2D eigenvalue weighted by atomic mass is 9.44. The van der Waals surface area contributed by atoms with Crippen molar-refractivity contribution in [1.29, 1.82) is 0 Å². The zero-order chi connectivity index (χ0) is 20.6. The van der Waals surface area contributed by atoms with E-state index in [1.165, 1.54) is 24.5 Å². The van der Waals surface area contributed by atoms with Crippen LogP contribution in [0, 0.1) is 5.82 Å². The predicted octanol–water partition coefficient (Wildman–Crippen LogP) is 1.21. The Morgan fingerprint density at radius 2 is 2.07 bits per heavy atom. The van der Waals surface area contributed by atoms with Gasteiger partial charge in [-0.1, -0.05) is 11.6 Å². The minimum atomic E-state index is -1.01. The molecule has 0 spiro atoms. The lowest BCUT2D eigenvalue weighted by molar-refractivity contribution is -0.151. The number of carbonyl (C=O) groups excluding carboxylic acids is 1. The maximum absolute atomic E-state index is 13.4. The fraction of sp³-hybridized carbons (Fsp3) is 0.421. The Morgan fingerprint density at radius 1 is 1.31 bits per heavy atom. The van der Waals surface area contributed by atoms with Crippen LogP contribution >= 0.6 is 11.6 Å². The van der Waals surface area contributed by atoms with E-state index >= 15 is 0 Å². The van der Waals surface area contributed by atoms with Crippen LogP contribution in [0.3, 0.4) is 0 Å². The Morgan fingerprint density at radius 3 is 2.76 bits per heavy atom. The molecule has 1 heterocycles. The standard InChI is InChI=1S/C19H20ClFN4O4/c20-13-2-1-12(3-14(13)21)29-7-16(27)24-18-8-19(9-18,10-18)25-17(28)15-5-22-4-11(6-26)23-15/h1-5,17,25-26,28H,6-10H2,(H,24,27). The molecular formula is C19H20ClFN4O4. The summed E-state index contributed by atoms with van der Waals surface area (Å²) in [7, 11) is 0. The van der Waals surface area contributed by atoms with Gasteiger partial charge in [-0.05, 0) is 31.4 Å². The summed E-state index contributed by atoms with van der Waals surface area (Å²) in [6, 6.07) is 3.99. The second kappa shape index (κ2) is 7.49. The molecule has 0 saturated heterocycles. The van der Waals surface area contributed by atoms with E-state index in [4.69, 9.17) is 21.4 Å². The van der Waals surface area contributed by atoms with Crippen molar-refractivity contribution < 1.29 is 24.1 Å². The molecule has 0 radical (unpaired) electrons. The highest BCUT2D eigenvalue weighted by molar-refractivity contribution is 6.30. The molecule has 5 rings (SSSR count). The molecule has 3 fully saturated rings. The number of ether oxygens (including phenoxy) is 1. The number of nitrogens with one attached hydrogen (secondary N) is 2. The van der Waals surface area contributed by atoms with Gasteiger partial charge in [0.25, 0.3) is 5.91 Å². The molecule has 3 aliphatic carbocycles. The molecule has 1 aromatic heterocycles. The fourth-order valence-electron chi connectivity index (χ4n) is 4.12. The van der Waals surface area contributed by atoms with Gasteiger partial charge in [0.1, 0.15) is 23.5 Å². The minimum Gasteiger partial charge on any atom is -0.484 e. The Balaban J connectivity index is 1.24. The average molecular weight is 423 g/mol. The molecule has 29 heavy (non-hydrogen) atoms. The smallest absolute Gasteiger partial charge is 0.258 e. The van der Waals surface area contributed by atoms with Crippen molar-refractivity contribution in [3.8, 4) is 5.75 Å². The first-order valence-corrected chi connectivity index (χ1v) is 9.46. The summed E-state index contributed by atoms with van der Waals surface area (Å²) in [6.07, 6.45) is 3.88. The number of hydrogen-bond acceptors (Lipinski definition) is 7. The largest absolute Gasteiger partial charge is 0.484 e. The molecule has 1 aromatic carbocycles. The van der Waals surface area contributed by atoms with E-state index in [0.717, 1.165) is 6.07 Å². The third-order valence-electron chi connectivity index (χ3n) is 5.28. The highest BCUT2D eigenvalue weighted by Gasteiger charge is 2.69. The van der Waals surface area contributed by atoms with Gasteiger partial charge in [0.05, 0.1) is 29.7 Å². The normalized spacial score (nSPS) is 25.5. The summed E-state index contributed by atoms with van der Waals surface area (Å²) in [5.74, 6) is -0.673. The van der Waals surface area contributed by atoms with Crippen molar-refractivity contribution in [3.63, 3.8) is 0 Å². The number of aliphatic hydroxyl groups excluding tert-OH is 2. The molecule has 1 unspecified atom stereocenters. The summed E-state index contributed by atoms with van der Waals surface area (Å²) >= 11 is 5.61. The molecule has 2 aromatic rings. The number of benzene rings is 1. The lowest BCUT2D eigenvalue weighted by Crippen LogP contribution is -2.83. The molecule has 0 aliphatic heterocycles. The van der Waals surface area contributed by atoms with Gasteiger partial charge in [-0.25, -0.2) is 9.37 Å². The minimum absolute atomic E-state index is 0.00952. The first-order chi connectivity index (χ1) is 13.8. The van der Waals surface area contributed by atoms with Crippen molar-refractivity contribution in [2.75, 3.05) is 6.61 Å². The van der Waals surface area contributed by atoms with E-state index in [9.17, 15) is 14.3 Å². The summed E-state index contributed by atoms with van der Waals surface area (Å²) in [4.78, 5) is 20.2. The third-order valence-corrected chi connectivity index (χ3v) is 5.59. The highest BCUT2D eigenvalue weighted by Crippen LogP contribution is 2.60. The van der Waals surface area contributed by atoms with Gasteiger partial charge < -0.3 is 20.3 Å². The third kappa shape index (κ3) is 4.04. The topological polar surface area (TPSA) is 117 Å². The maximum atomic E-state index is 13.4. The Bertz CT molecular complexity index is 924. The van der Waals surface area contributed by atoms with Crippen LogP contribution in [-0.2, 0) is 11.4 Å². The van der Waals surface area contributed by atoms with E-state index < -0.39 is 12.0 Å². The van der Waals surface area contributed by atoms with Crippen LogP contribution in [0.15, 0.2) is 30.6 Å². The number of nitrogens with zero attached hydrogens (tertiary/aromatic N) is 2. The molecule has 4 N–H and O–H groups in total. The first kappa shape index (κ1) is 20.0. The van der Waals surface area contributed by atoms with Crippen LogP contribution in [0.25, 0.3) is 0 Å². The summed E-state index contributed by atoms with van der Waals surface area (Å²) in [5, 5.41) is 25.5. The maximum Gasteiger partial charge on any atom is 0.258 e. The van der Waals surface area contributed by atoms with Crippen molar-refractivity contribution in [1.82, 2.24) is 20.6 Å². The van der Waals surface area contributed by atoms with Gasteiger partial charge in [-0.3, -0.25) is 15.1 Å². The molecule has 2 bridgehead atoms. The Kier molecular flexibility index (Phi) is 5.16. The van der Waals surface area contributed by atoms with Crippen LogP contribution in [-0.4, -0.2) is 43.8 Å². The lowest BCUT2D eigenvalue weighted by Gasteiger charge is -2.71. The van der Waals surface area contributed by atoms with Crippen molar-refractivity contribution >= 4 is 17.5 Å². The molecule has 8 nitrogen and oxygen atoms in total. The van der Waals surface area contributed by atoms with Crippen LogP contribution in [0.1, 0.15) is 36.9 Å². The Hall–Kier alpha value is -2.33. The number of amides is 1. The van der Waals surface area contributed by atoms with Crippen LogP contribution in [0.4, 0.5) is 4.39 Å². The van der Waals surface area contributed by atoms with Gasteiger partial charge in [0, 0.05) is 17.1 Å². The van der Waals surface area contributed by atoms with Crippen LogP contribution < -0.4 is 15.4 Å². The van der Waals surface area contributed by atoms with Crippen molar-refractivity contribution in [2.45, 2.75) is 43.2 Å². The summed E-state index contributed by atoms with van der Waals surface area (Å²) in [5.41, 5.74) is 0.147. The van der Waals surface area contributed by atoms with Gasteiger partial charge in [0.15, 0.2) is 6.61 Å². The molecule has 154 valence electrons. The second-order valence-electron chi connectivity index (χ2n) is 7.64. The molecule has 1 atom stereocenters. The number of rotatable bonds is 8. The van der Waals surface area contributed by atoms with Crippen LogP contribution in [0.2, 0.25) is 5.02 Å². The number of aliphatic hydroxyl groups is 2. The molecule has 3 aliphatic rings. The first-order valence-electron chi connectivity index (χ1n) is 9.08. The fourth-order valence-corrected chi connectivity index (χ4v) is 4.23. The highest BCUT2D eigenvalue weighted by atomic mass is 35.5. The number of hydrogen-bond donors (Lipinski definition) is 4. The Labute approximate surface area is 171 Å². The number of carbonyl (C=O) groups is 1. The van der Waals surface area contributed by atoms with Gasteiger partial charge in [-0.2, -0.15) is 0 Å².